The Labute approximate surface area is 141 Å². The molecule has 0 saturated carbocycles. The molecule has 1 rings (SSSR count). The Kier molecular flexibility index (Phi) is 6.27. The van der Waals surface area contributed by atoms with Crippen molar-refractivity contribution in [3.8, 4) is 11.5 Å². The molecule has 1 aromatic carbocycles. The maximum Gasteiger partial charge on any atom is 0.410 e. The van der Waals surface area contributed by atoms with Gasteiger partial charge in [0.2, 0.25) is 0 Å². The summed E-state index contributed by atoms with van der Waals surface area (Å²) in [5, 5.41) is 0.363. The molecule has 0 aliphatic carbocycles. The van der Waals surface area contributed by atoms with E-state index < -0.39 is 17.7 Å². The molecule has 0 fully saturated rings. The topological polar surface area (TPSA) is 65.1 Å². The van der Waals surface area contributed by atoms with Gasteiger partial charge in [-0.3, -0.25) is 4.90 Å². The largest absolute Gasteiger partial charge is 0.493 e. The molecular formula is C16H22ClNO5. The van der Waals surface area contributed by atoms with E-state index >= 15 is 0 Å². The van der Waals surface area contributed by atoms with Crippen LogP contribution in [-0.4, -0.2) is 44.1 Å². The van der Waals surface area contributed by atoms with Crippen LogP contribution in [0.2, 0.25) is 5.02 Å². The number of benzene rings is 1. The second-order valence-electron chi connectivity index (χ2n) is 5.90. The van der Waals surface area contributed by atoms with Crippen LogP contribution in [0.25, 0.3) is 0 Å². The summed E-state index contributed by atoms with van der Waals surface area (Å²) < 4.78 is 15.8. The standard InChI is InChI=1S/C16H22ClNO5/c1-16(2,3)23-15(20)18(4)12(9-19)11-7-10(17)8-13(21-5)14(11)22-6/h7-9,12H,1-6H3. The summed E-state index contributed by atoms with van der Waals surface area (Å²) in [7, 11) is 4.38. The minimum Gasteiger partial charge on any atom is -0.493 e. The van der Waals surface area contributed by atoms with Crippen molar-refractivity contribution in [3.63, 3.8) is 0 Å². The third-order valence-electron chi connectivity index (χ3n) is 3.02. The summed E-state index contributed by atoms with van der Waals surface area (Å²) in [5.41, 5.74) is -0.255. The number of ether oxygens (including phenoxy) is 3. The molecule has 128 valence electrons. The van der Waals surface area contributed by atoms with Gasteiger partial charge in [-0.05, 0) is 26.8 Å². The van der Waals surface area contributed by atoms with Gasteiger partial charge in [0, 0.05) is 23.7 Å². The van der Waals surface area contributed by atoms with Gasteiger partial charge in [0.15, 0.2) is 11.5 Å². The van der Waals surface area contributed by atoms with Gasteiger partial charge < -0.3 is 19.0 Å². The van der Waals surface area contributed by atoms with Crippen molar-refractivity contribution in [2.75, 3.05) is 21.3 Å². The molecule has 0 bridgehead atoms. The summed E-state index contributed by atoms with van der Waals surface area (Å²) in [6.45, 7) is 5.24. The van der Waals surface area contributed by atoms with Gasteiger partial charge in [-0.15, -0.1) is 0 Å². The lowest BCUT2D eigenvalue weighted by Gasteiger charge is -2.29. The first-order chi connectivity index (χ1) is 10.6. The van der Waals surface area contributed by atoms with E-state index in [0.29, 0.717) is 28.4 Å². The van der Waals surface area contributed by atoms with E-state index in [1.54, 1.807) is 32.9 Å². The number of amides is 1. The lowest BCUT2D eigenvalue weighted by atomic mass is 10.1. The van der Waals surface area contributed by atoms with Crippen LogP contribution in [0, 0.1) is 0 Å². The number of carbonyl (C=O) groups excluding carboxylic acids is 2. The van der Waals surface area contributed by atoms with E-state index in [1.165, 1.54) is 26.2 Å². The van der Waals surface area contributed by atoms with Crippen LogP contribution in [0.1, 0.15) is 32.4 Å². The van der Waals surface area contributed by atoms with Crippen molar-refractivity contribution in [1.82, 2.24) is 4.90 Å². The first-order valence-corrected chi connectivity index (χ1v) is 7.35. The molecule has 0 aliphatic heterocycles. The number of hydrogen-bond acceptors (Lipinski definition) is 5. The van der Waals surface area contributed by atoms with Gasteiger partial charge >= 0.3 is 6.09 Å². The van der Waals surface area contributed by atoms with Crippen LogP contribution < -0.4 is 9.47 Å². The molecule has 0 aliphatic rings. The molecule has 7 heteroatoms. The van der Waals surface area contributed by atoms with Crippen molar-refractivity contribution in [2.24, 2.45) is 0 Å². The summed E-state index contributed by atoms with van der Waals surface area (Å²) >= 11 is 6.06. The Morgan fingerprint density at radius 3 is 2.30 bits per heavy atom. The highest BCUT2D eigenvalue weighted by atomic mass is 35.5. The van der Waals surface area contributed by atoms with E-state index in [0.717, 1.165) is 0 Å². The average Bonchev–Trinajstić information content (AvgIpc) is 2.45. The fourth-order valence-corrected chi connectivity index (χ4v) is 2.22. The Morgan fingerprint density at radius 1 is 1.26 bits per heavy atom. The van der Waals surface area contributed by atoms with Crippen LogP contribution in [-0.2, 0) is 9.53 Å². The van der Waals surface area contributed by atoms with Gasteiger partial charge in [0.25, 0.3) is 0 Å². The summed E-state index contributed by atoms with van der Waals surface area (Å²) in [4.78, 5) is 25.0. The fourth-order valence-electron chi connectivity index (χ4n) is 2.00. The summed E-state index contributed by atoms with van der Waals surface area (Å²) in [6.07, 6.45) is -0.00652. The van der Waals surface area contributed by atoms with Crippen LogP contribution in [0.3, 0.4) is 0 Å². The van der Waals surface area contributed by atoms with Gasteiger partial charge in [-0.25, -0.2) is 4.79 Å². The van der Waals surface area contributed by atoms with Crippen LogP contribution >= 0.6 is 11.6 Å². The number of halogens is 1. The first-order valence-electron chi connectivity index (χ1n) is 6.97. The number of aldehydes is 1. The number of methoxy groups -OCH3 is 2. The SMILES string of the molecule is COc1cc(Cl)cc(C(C=O)N(C)C(=O)OC(C)(C)C)c1OC. The molecule has 0 saturated heterocycles. The zero-order valence-corrected chi connectivity index (χ0v) is 14.9. The molecule has 23 heavy (non-hydrogen) atoms. The van der Waals surface area contributed by atoms with Crippen molar-refractivity contribution >= 4 is 24.0 Å². The molecule has 1 amide bonds. The minimum absolute atomic E-state index is 0.337. The fraction of sp³-hybridized carbons (Fsp3) is 0.500. The van der Waals surface area contributed by atoms with E-state index in [2.05, 4.69) is 0 Å². The van der Waals surface area contributed by atoms with E-state index in [4.69, 9.17) is 25.8 Å². The number of carbonyl (C=O) groups is 2. The van der Waals surface area contributed by atoms with Crippen molar-refractivity contribution in [2.45, 2.75) is 32.4 Å². The summed E-state index contributed by atoms with van der Waals surface area (Å²) in [6, 6.07) is 2.20. The number of nitrogens with zero attached hydrogens (tertiary/aromatic N) is 1. The molecule has 0 heterocycles. The van der Waals surface area contributed by atoms with Gasteiger partial charge in [0.05, 0.1) is 14.2 Å². The minimum atomic E-state index is -0.924. The molecular weight excluding hydrogens is 322 g/mol. The Morgan fingerprint density at radius 2 is 1.87 bits per heavy atom. The highest BCUT2D eigenvalue weighted by molar-refractivity contribution is 6.30. The molecule has 1 unspecified atom stereocenters. The maximum atomic E-state index is 12.2. The zero-order valence-electron chi connectivity index (χ0n) is 14.2. The maximum absolute atomic E-state index is 12.2. The zero-order chi connectivity index (χ0) is 17.8. The molecule has 0 aromatic heterocycles. The van der Waals surface area contributed by atoms with Crippen molar-refractivity contribution in [1.29, 1.82) is 0 Å². The Balaban J connectivity index is 3.27. The predicted octanol–water partition coefficient (Wildman–Crippen LogP) is 3.46. The normalized spacial score (nSPS) is 12.3. The third-order valence-corrected chi connectivity index (χ3v) is 3.24. The van der Waals surface area contributed by atoms with Gasteiger partial charge in [-0.2, -0.15) is 0 Å². The molecule has 1 atom stereocenters. The monoisotopic (exact) mass is 343 g/mol. The van der Waals surface area contributed by atoms with Crippen LogP contribution in [0.4, 0.5) is 4.79 Å². The number of rotatable bonds is 5. The Hall–Kier alpha value is -1.95. The highest BCUT2D eigenvalue weighted by Gasteiger charge is 2.29. The Bertz CT molecular complexity index is 583. The number of hydrogen-bond donors (Lipinski definition) is 0. The predicted molar refractivity (Wildman–Crippen MR) is 87.4 cm³/mol. The van der Waals surface area contributed by atoms with Crippen LogP contribution in [0.5, 0.6) is 11.5 Å². The first kappa shape index (κ1) is 19.1. The lowest BCUT2D eigenvalue weighted by molar-refractivity contribution is -0.112. The molecule has 0 radical (unpaired) electrons. The molecule has 6 nitrogen and oxygen atoms in total. The van der Waals surface area contributed by atoms with E-state index in [9.17, 15) is 9.59 Å². The quantitative estimate of drug-likeness (QED) is 0.766. The third kappa shape index (κ3) is 4.76. The van der Waals surface area contributed by atoms with Gasteiger partial charge in [0.1, 0.15) is 17.9 Å². The summed E-state index contributed by atoms with van der Waals surface area (Å²) in [5.74, 6) is 0.712. The highest BCUT2D eigenvalue weighted by Crippen LogP contribution is 2.39. The average molecular weight is 344 g/mol. The smallest absolute Gasteiger partial charge is 0.410 e. The molecule has 1 aromatic rings. The van der Waals surface area contributed by atoms with Crippen LogP contribution in [0.15, 0.2) is 12.1 Å². The van der Waals surface area contributed by atoms with E-state index in [1.807, 2.05) is 0 Å². The second kappa shape index (κ2) is 7.55. The molecule has 0 spiro atoms. The molecule has 0 N–H and O–H groups in total. The van der Waals surface area contributed by atoms with Crippen molar-refractivity contribution in [3.05, 3.63) is 22.7 Å². The number of likely N-dealkylation sites (N-methyl/N-ethyl adjacent to an activating group) is 1. The second-order valence-corrected chi connectivity index (χ2v) is 6.34. The van der Waals surface area contributed by atoms with Gasteiger partial charge in [-0.1, -0.05) is 11.6 Å². The lowest BCUT2D eigenvalue weighted by Crippen LogP contribution is -2.37. The van der Waals surface area contributed by atoms with E-state index in [-0.39, 0.29) is 0 Å². The van der Waals surface area contributed by atoms with Crippen molar-refractivity contribution < 1.29 is 23.8 Å².